The standard InChI is InChI=1S/C23H34ClN3O4.C18H26ClN3O2.C4H8O2.2ClH/c1-23(2,3)31-22(29)26-11-9-18(10-12-26)27-14-20(21(28)25-4)30-15-19(27)13-16-5-7-17(24)8-6-16;1-20-18(23)17-11-22(15-6-8-21-9-7-15)16(12-24-17)10-13-2-4-14(19)5-3-13;1-3-6-4(2)5;;/h5-8,18-20H,9-15H2,1-4H3,(H,25,28);2-5,15-17,21H,6-12H2,1H3,(H,20,23);3H2,1-2H3;2*1H/t19?,20-;16?,17-;;;/m11.../s1. The molecule has 2 aromatic carbocycles. The van der Waals surface area contributed by atoms with Crippen LogP contribution in [0.4, 0.5) is 4.79 Å². The maximum Gasteiger partial charge on any atom is 0.410 e. The molecule has 2 aromatic rings. The van der Waals surface area contributed by atoms with Gasteiger partial charge in [-0.15, -0.1) is 24.8 Å². The Hall–Kier alpha value is -2.92. The first kappa shape index (κ1) is 56.2. The van der Waals surface area contributed by atoms with E-state index < -0.39 is 11.7 Å². The number of morpholine rings is 2. The largest absolute Gasteiger partial charge is 0.466 e. The molecule has 4 atom stereocenters. The van der Waals surface area contributed by atoms with Gasteiger partial charge in [0.2, 0.25) is 11.8 Å². The molecule has 0 bridgehead atoms. The molecule has 2 unspecified atom stereocenters. The number of halogens is 4. The van der Waals surface area contributed by atoms with Gasteiger partial charge < -0.3 is 39.8 Å². The summed E-state index contributed by atoms with van der Waals surface area (Å²) in [6.45, 7) is 15.0. The van der Waals surface area contributed by atoms with E-state index in [1.807, 2.05) is 57.2 Å². The first-order valence-electron chi connectivity index (χ1n) is 21.6. The first-order valence-corrected chi connectivity index (χ1v) is 22.3. The summed E-state index contributed by atoms with van der Waals surface area (Å²) in [7, 11) is 3.30. The number of hydrogen-bond donors (Lipinski definition) is 3. The van der Waals surface area contributed by atoms with Crippen molar-refractivity contribution in [2.24, 2.45) is 0 Å². The van der Waals surface area contributed by atoms with Crippen molar-refractivity contribution in [3.05, 3.63) is 69.7 Å². The summed E-state index contributed by atoms with van der Waals surface area (Å²) >= 11 is 12.0. The van der Waals surface area contributed by atoms with Gasteiger partial charge in [-0.25, -0.2) is 4.79 Å². The Labute approximate surface area is 396 Å². The zero-order valence-corrected chi connectivity index (χ0v) is 41.0. The van der Waals surface area contributed by atoms with Gasteiger partial charge in [0, 0.05) is 81.4 Å². The van der Waals surface area contributed by atoms with Crippen molar-refractivity contribution in [1.82, 2.24) is 30.7 Å². The summed E-state index contributed by atoms with van der Waals surface area (Å²) in [6, 6.07) is 17.2. The Bertz CT molecular complexity index is 1680. The number of nitrogens with zero attached hydrogens (tertiary/aromatic N) is 3. The lowest BCUT2D eigenvalue weighted by molar-refractivity contribution is -0.145. The highest BCUT2D eigenvalue weighted by Gasteiger charge is 2.39. The first-order chi connectivity index (χ1) is 29.1. The van der Waals surface area contributed by atoms with Gasteiger partial charge in [0.15, 0.2) is 0 Å². The Morgan fingerprint density at radius 3 is 1.49 bits per heavy atom. The van der Waals surface area contributed by atoms with Gasteiger partial charge in [0.05, 0.1) is 19.8 Å². The van der Waals surface area contributed by atoms with Crippen LogP contribution in [0.5, 0.6) is 0 Å². The highest BCUT2D eigenvalue weighted by Crippen LogP contribution is 2.27. The van der Waals surface area contributed by atoms with Crippen LogP contribution in [0.2, 0.25) is 10.0 Å². The van der Waals surface area contributed by atoms with Gasteiger partial charge in [-0.1, -0.05) is 47.5 Å². The molecular weight excluding hydrogens is 894 g/mol. The number of hydrogen-bond acceptors (Lipinski definition) is 11. The van der Waals surface area contributed by atoms with Crippen LogP contribution in [0.3, 0.4) is 0 Å². The van der Waals surface area contributed by atoms with Crippen LogP contribution in [0.1, 0.15) is 71.4 Å². The van der Waals surface area contributed by atoms with E-state index in [-0.39, 0.29) is 66.9 Å². The number of rotatable bonds is 9. The molecule has 3 N–H and O–H groups in total. The number of benzene rings is 2. The predicted molar refractivity (Wildman–Crippen MR) is 252 cm³/mol. The number of piperidine rings is 2. The smallest absolute Gasteiger partial charge is 0.410 e. The number of ether oxygens (including phenoxy) is 4. The SMILES string of the molecule is CCOC(C)=O.CNC(=O)[C@H]1CN(C2CCN(C(=O)OC(C)(C)C)CC2)C(Cc2ccc(Cl)cc2)CO1.CNC(=O)[C@H]1CN(C2CCNCC2)C(Cc2ccc(Cl)cc2)CO1.Cl.Cl. The molecule has 0 saturated carbocycles. The van der Waals surface area contributed by atoms with Gasteiger partial charge in [-0.05, 0) is 115 Å². The second-order valence-electron chi connectivity index (χ2n) is 16.8. The summed E-state index contributed by atoms with van der Waals surface area (Å²) in [5, 5.41) is 10.3. The van der Waals surface area contributed by atoms with E-state index in [0.717, 1.165) is 61.7 Å². The van der Waals surface area contributed by atoms with E-state index in [4.69, 9.17) is 37.4 Å². The number of esters is 1. The third-order valence-corrected chi connectivity index (χ3v) is 11.7. The third-order valence-electron chi connectivity index (χ3n) is 11.2. The van der Waals surface area contributed by atoms with Gasteiger partial charge in [-0.3, -0.25) is 24.2 Å². The summed E-state index contributed by atoms with van der Waals surface area (Å²) in [4.78, 5) is 53.2. The molecule has 18 heteroatoms. The fourth-order valence-electron chi connectivity index (χ4n) is 8.15. The van der Waals surface area contributed by atoms with Gasteiger partial charge in [0.25, 0.3) is 0 Å². The van der Waals surface area contributed by atoms with Crippen LogP contribution >= 0.6 is 48.0 Å². The molecule has 356 valence electrons. The molecular formula is C45H70Cl4N6O8. The number of likely N-dealkylation sites (tertiary alicyclic amines) is 1. The lowest BCUT2D eigenvalue weighted by Crippen LogP contribution is -2.60. The molecule has 4 heterocycles. The molecule has 63 heavy (non-hydrogen) atoms. The van der Waals surface area contributed by atoms with E-state index >= 15 is 0 Å². The maximum atomic E-state index is 12.4. The molecule has 4 aliphatic rings. The summed E-state index contributed by atoms with van der Waals surface area (Å²) in [5.41, 5.74) is 1.95. The van der Waals surface area contributed by atoms with Crippen LogP contribution in [-0.4, -0.2) is 154 Å². The zero-order valence-electron chi connectivity index (χ0n) is 37.9. The van der Waals surface area contributed by atoms with E-state index in [1.54, 1.807) is 25.9 Å². The Morgan fingerprint density at radius 2 is 1.14 bits per heavy atom. The van der Waals surface area contributed by atoms with Crippen molar-refractivity contribution in [2.45, 2.75) is 115 Å². The van der Waals surface area contributed by atoms with E-state index in [2.05, 4.69) is 42.6 Å². The van der Waals surface area contributed by atoms with Crippen LogP contribution in [0, 0.1) is 0 Å². The highest BCUT2D eigenvalue weighted by atomic mass is 35.5. The molecule has 14 nitrogen and oxygen atoms in total. The lowest BCUT2D eigenvalue weighted by Gasteiger charge is -2.46. The quantitative estimate of drug-likeness (QED) is 0.256. The number of carbonyl (C=O) groups excluding carboxylic acids is 4. The fraction of sp³-hybridized carbons (Fsp3) is 0.644. The molecule has 0 aliphatic carbocycles. The molecule has 0 radical (unpaired) electrons. The molecule has 0 aromatic heterocycles. The van der Waals surface area contributed by atoms with Gasteiger partial charge in [-0.2, -0.15) is 0 Å². The Balaban J connectivity index is 0.000000381. The minimum Gasteiger partial charge on any atom is -0.466 e. The molecule has 0 spiro atoms. The molecule has 6 rings (SSSR count). The maximum absolute atomic E-state index is 12.4. The topological polar surface area (TPSA) is 151 Å². The van der Waals surface area contributed by atoms with Crippen LogP contribution in [-0.2, 0) is 46.2 Å². The number of nitrogens with one attached hydrogen (secondary N) is 3. The van der Waals surface area contributed by atoms with Crippen molar-refractivity contribution >= 4 is 71.9 Å². The minimum absolute atomic E-state index is 0. The van der Waals surface area contributed by atoms with Crippen molar-refractivity contribution in [3.8, 4) is 0 Å². The van der Waals surface area contributed by atoms with Crippen LogP contribution < -0.4 is 16.0 Å². The summed E-state index contributed by atoms with van der Waals surface area (Å²) < 4.78 is 21.7. The van der Waals surface area contributed by atoms with Crippen molar-refractivity contribution in [1.29, 1.82) is 0 Å². The number of carbonyl (C=O) groups is 4. The van der Waals surface area contributed by atoms with Crippen molar-refractivity contribution < 1.29 is 38.1 Å². The lowest BCUT2D eigenvalue weighted by atomic mass is 9.96. The second kappa shape index (κ2) is 28.2. The van der Waals surface area contributed by atoms with Gasteiger partial charge in [0.1, 0.15) is 17.8 Å². The van der Waals surface area contributed by atoms with Gasteiger partial charge >= 0.3 is 12.1 Å². The average Bonchev–Trinajstić information content (AvgIpc) is 3.25. The molecule has 4 aliphatic heterocycles. The fourth-order valence-corrected chi connectivity index (χ4v) is 8.40. The molecule has 4 saturated heterocycles. The van der Waals surface area contributed by atoms with E-state index in [9.17, 15) is 19.2 Å². The normalized spacial score (nSPS) is 22.3. The number of likely N-dealkylation sites (N-methyl/N-ethyl adjacent to an activating group) is 2. The Kier molecular flexibility index (Phi) is 25.2. The molecule has 4 fully saturated rings. The highest BCUT2D eigenvalue weighted by molar-refractivity contribution is 6.30. The average molecular weight is 965 g/mol. The third kappa shape index (κ3) is 18.8. The number of amides is 3. The van der Waals surface area contributed by atoms with E-state index in [0.29, 0.717) is 58.1 Å². The molecule has 3 amide bonds. The van der Waals surface area contributed by atoms with Crippen molar-refractivity contribution in [3.63, 3.8) is 0 Å². The minimum atomic E-state index is -0.497. The van der Waals surface area contributed by atoms with Crippen LogP contribution in [0.25, 0.3) is 0 Å². The Morgan fingerprint density at radius 1 is 0.730 bits per heavy atom. The summed E-state index contributed by atoms with van der Waals surface area (Å²) in [5.74, 6) is -0.336. The monoisotopic (exact) mass is 962 g/mol. The second-order valence-corrected chi connectivity index (χ2v) is 17.7. The predicted octanol–water partition coefficient (Wildman–Crippen LogP) is 5.96. The van der Waals surface area contributed by atoms with Crippen LogP contribution in [0.15, 0.2) is 48.5 Å². The zero-order chi connectivity index (χ0) is 44.5. The van der Waals surface area contributed by atoms with Crippen molar-refractivity contribution in [2.75, 3.05) is 73.2 Å². The summed E-state index contributed by atoms with van der Waals surface area (Å²) in [6.07, 6.45) is 4.57. The van der Waals surface area contributed by atoms with E-state index in [1.165, 1.54) is 18.1 Å².